The maximum atomic E-state index is 6.04. The molecule has 18 heavy (non-hydrogen) atoms. The molecule has 0 saturated heterocycles. The summed E-state index contributed by atoms with van der Waals surface area (Å²) in [6.07, 6.45) is 0. The van der Waals surface area contributed by atoms with Gasteiger partial charge in [0.1, 0.15) is 11.5 Å². The summed E-state index contributed by atoms with van der Waals surface area (Å²) in [6, 6.07) is 11.6. The van der Waals surface area contributed by atoms with E-state index in [1.54, 1.807) is 14.2 Å². The molecule has 0 amide bonds. The first-order chi connectivity index (χ1) is 8.65. The van der Waals surface area contributed by atoms with Crippen molar-refractivity contribution >= 4 is 5.69 Å². The highest BCUT2D eigenvalue weighted by atomic mass is 16.5. The van der Waals surface area contributed by atoms with Crippen LogP contribution in [-0.2, 0) is 0 Å². The second kappa shape index (κ2) is 5.00. The molecule has 0 bridgehead atoms. The molecule has 94 valence electrons. The van der Waals surface area contributed by atoms with Gasteiger partial charge in [-0.15, -0.1) is 0 Å². The molecule has 0 atom stereocenters. The minimum atomic E-state index is 0.729. The first-order valence-corrected chi connectivity index (χ1v) is 5.74. The molecule has 0 spiro atoms. The van der Waals surface area contributed by atoms with E-state index in [9.17, 15) is 0 Å². The van der Waals surface area contributed by atoms with E-state index in [0.29, 0.717) is 0 Å². The fourth-order valence-corrected chi connectivity index (χ4v) is 1.93. The summed E-state index contributed by atoms with van der Waals surface area (Å²) in [5.41, 5.74) is 9.83. The maximum Gasteiger partial charge on any atom is 0.127 e. The molecular weight excluding hydrogens is 226 g/mol. The molecule has 0 aliphatic carbocycles. The highest BCUT2D eigenvalue weighted by Crippen LogP contribution is 2.36. The van der Waals surface area contributed by atoms with Crippen molar-refractivity contribution < 1.29 is 9.47 Å². The molecule has 0 radical (unpaired) electrons. The van der Waals surface area contributed by atoms with Crippen molar-refractivity contribution in [3.63, 3.8) is 0 Å². The van der Waals surface area contributed by atoms with Crippen LogP contribution in [0.3, 0.4) is 0 Å². The van der Waals surface area contributed by atoms with Crippen LogP contribution >= 0.6 is 0 Å². The highest BCUT2D eigenvalue weighted by Gasteiger charge is 2.10. The van der Waals surface area contributed by atoms with Gasteiger partial charge in [0.2, 0.25) is 0 Å². The number of nitrogen functional groups attached to an aromatic ring is 1. The Bertz CT molecular complexity index is 564. The summed E-state index contributed by atoms with van der Waals surface area (Å²) in [5.74, 6) is 1.57. The van der Waals surface area contributed by atoms with Gasteiger partial charge in [-0.3, -0.25) is 0 Å². The van der Waals surface area contributed by atoms with Crippen molar-refractivity contribution in [3.8, 4) is 22.6 Å². The SMILES string of the molecule is COc1ccc(OC)c(-c2cc(C)ccc2N)c1. The Morgan fingerprint density at radius 2 is 1.67 bits per heavy atom. The Kier molecular flexibility index (Phi) is 3.42. The van der Waals surface area contributed by atoms with Crippen molar-refractivity contribution in [2.45, 2.75) is 6.92 Å². The third-order valence-electron chi connectivity index (χ3n) is 2.91. The maximum absolute atomic E-state index is 6.04. The molecule has 2 N–H and O–H groups in total. The van der Waals surface area contributed by atoms with Crippen LogP contribution in [0, 0.1) is 6.92 Å². The van der Waals surface area contributed by atoms with Gasteiger partial charge in [-0.25, -0.2) is 0 Å². The average molecular weight is 243 g/mol. The average Bonchev–Trinajstić information content (AvgIpc) is 2.40. The van der Waals surface area contributed by atoms with Gasteiger partial charge in [0, 0.05) is 16.8 Å². The zero-order valence-electron chi connectivity index (χ0n) is 10.9. The zero-order chi connectivity index (χ0) is 13.1. The first-order valence-electron chi connectivity index (χ1n) is 5.74. The fraction of sp³-hybridized carbons (Fsp3) is 0.200. The Morgan fingerprint density at radius 3 is 2.33 bits per heavy atom. The normalized spacial score (nSPS) is 10.2. The van der Waals surface area contributed by atoms with E-state index in [1.165, 1.54) is 0 Å². The van der Waals surface area contributed by atoms with Gasteiger partial charge >= 0.3 is 0 Å². The number of methoxy groups -OCH3 is 2. The van der Waals surface area contributed by atoms with E-state index < -0.39 is 0 Å². The molecule has 2 aromatic carbocycles. The number of hydrogen-bond donors (Lipinski definition) is 1. The Morgan fingerprint density at radius 1 is 0.889 bits per heavy atom. The minimum Gasteiger partial charge on any atom is -0.497 e. The molecule has 2 aromatic rings. The molecule has 0 unspecified atom stereocenters. The van der Waals surface area contributed by atoms with Gasteiger partial charge in [-0.1, -0.05) is 11.6 Å². The van der Waals surface area contributed by atoms with E-state index in [-0.39, 0.29) is 0 Å². The largest absolute Gasteiger partial charge is 0.497 e. The predicted molar refractivity (Wildman–Crippen MR) is 74.1 cm³/mol. The van der Waals surface area contributed by atoms with E-state index in [2.05, 4.69) is 0 Å². The van der Waals surface area contributed by atoms with E-state index in [1.807, 2.05) is 43.3 Å². The van der Waals surface area contributed by atoms with Crippen LogP contribution < -0.4 is 15.2 Å². The third kappa shape index (κ3) is 2.25. The molecular formula is C15H17NO2. The second-order valence-corrected chi connectivity index (χ2v) is 4.16. The molecule has 0 saturated carbocycles. The lowest BCUT2D eigenvalue weighted by Crippen LogP contribution is -1.94. The van der Waals surface area contributed by atoms with Crippen LogP contribution in [0.1, 0.15) is 5.56 Å². The van der Waals surface area contributed by atoms with Crippen molar-refractivity contribution in [3.05, 3.63) is 42.0 Å². The van der Waals surface area contributed by atoms with Crippen LogP contribution in [0.25, 0.3) is 11.1 Å². The standard InChI is InChI=1S/C15H17NO2/c1-10-4-6-14(16)12(8-10)13-9-11(17-2)5-7-15(13)18-3/h4-9H,16H2,1-3H3. The van der Waals surface area contributed by atoms with Gasteiger partial charge < -0.3 is 15.2 Å². The number of benzene rings is 2. The Balaban J connectivity index is 2.64. The lowest BCUT2D eigenvalue weighted by Gasteiger charge is -2.13. The lowest BCUT2D eigenvalue weighted by atomic mass is 10.0. The quantitative estimate of drug-likeness (QED) is 0.841. The number of anilines is 1. The molecule has 2 rings (SSSR count). The van der Waals surface area contributed by atoms with Gasteiger partial charge in [-0.05, 0) is 37.3 Å². The Labute approximate surface area is 107 Å². The van der Waals surface area contributed by atoms with Gasteiger partial charge in [-0.2, -0.15) is 0 Å². The van der Waals surface area contributed by atoms with Crippen molar-refractivity contribution in [1.82, 2.24) is 0 Å². The van der Waals surface area contributed by atoms with Gasteiger partial charge in [0.25, 0.3) is 0 Å². The van der Waals surface area contributed by atoms with Crippen molar-refractivity contribution in [2.75, 3.05) is 20.0 Å². The van der Waals surface area contributed by atoms with E-state index in [4.69, 9.17) is 15.2 Å². The van der Waals surface area contributed by atoms with E-state index in [0.717, 1.165) is 33.9 Å². The molecule has 0 fully saturated rings. The first kappa shape index (κ1) is 12.3. The number of nitrogens with two attached hydrogens (primary N) is 1. The molecule has 3 nitrogen and oxygen atoms in total. The van der Waals surface area contributed by atoms with Crippen LogP contribution in [0.15, 0.2) is 36.4 Å². The number of rotatable bonds is 3. The fourth-order valence-electron chi connectivity index (χ4n) is 1.93. The van der Waals surface area contributed by atoms with Crippen LogP contribution in [0.4, 0.5) is 5.69 Å². The highest BCUT2D eigenvalue weighted by molar-refractivity contribution is 5.81. The Hall–Kier alpha value is -2.16. The summed E-state index contributed by atoms with van der Waals surface area (Å²) in [5, 5.41) is 0. The summed E-state index contributed by atoms with van der Waals surface area (Å²) in [7, 11) is 3.29. The topological polar surface area (TPSA) is 44.5 Å². The van der Waals surface area contributed by atoms with Crippen LogP contribution in [0.5, 0.6) is 11.5 Å². The number of ether oxygens (including phenoxy) is 2. The smallest absolute Gasteiger partial charge is 0.127 e. The molecule has 0 aliphatic rings. The molecule has 0 aliphatic heterocycles. The summed E-state index contributed by atoms with van der Waals surface area (Å²) < 4.78 is 10.6. The zero-order valence-corrected chi connectivity index (χ0v) is 10.9. The van der Waals surface area contributed by atoms with Crippen molar-refractivity contribution in [1.29, 1.82) is 0 Å². The molecule has 0 heterocycles. The lowest BCUT2D eigenvalue weighted by molar-refractivity contribution is 0.404. The summed E-state index contributed by atoms with van der Waals surface area (Å²) >= 11 is 0. The van der Waals surface area contributed by atoms with Gasteiger partial charge in [0.15, 0.2) is 0 Å². The number of hydrogen-bond acceptors (Lipinski definition) is 3. The summed E-state index contributed by atoms with van der Waals surface area (Å²) in [6.45, 7) is 2.04. The molecule has 0 aromatic heterocycles. The van der Waals surface area contributed by atoms with Gasteiger partial charge in [0.05, 0.1) is 14.2 Å². The predicted octanol–water partition coefficient (Wildman–Crippen LogP) is 3.26. The summed E-state index contributed by atoms with van der Waals surface area (Å²) in [4.78, 5) is 0. The van der Waals surface area contributed by atoms with Crippen molar-refractivity contribution in [2.24, 2.45) is 0 Å². The van der Waals surface area contributed by atoms with E-state index >= 15 is 0 Å². The monoisotopic (exact) mass is 243 g/mol. The molecule has 3 heteroatoms. The number of aryl methyl sites for hydroxylation is 1. The van der Waals surface area contributed by atoms with Crippen LogP contribution in [-0.4, -0.2) is 14.2 Å². The minimum absolute atomic E-state index is 0.729. The van der Waals surface area contributed by atoms with Crippen LogP contribution in [0.2, 0.25) is 0 Å². The third-order valence-corrected chi connectivity index (χ3v) is 2.91. The second-order valence-electron chi connectivity index (χ2n) is 4.16.